The maximum Gasteiger partial charge on any atom is 0.250 e. The number of thiophene rings is 1. The summed E-state index contributed by atoms with van der Waals surface area (Å²) in [5.41, 5.74) is 0. The molecule has 0 fully saturated rings. The number of hydrogen-bond acceptors (Lipinski definition) is 5. The Morgan fingerprint density at radius 2 is 2.05 bits per heavy atom. The summed E-state index contributed by atoms with van der Waals surface area (Å²) in [6.07, 6.45) is 0. The summed E-state index contributed by atoms with van der Waals surface area (Å²) in [7, 11) is -3.72. The van der Waals surface area contributed by atoms with Crippen LogP contribution in [0.1, 0.15) is 18.7 Å². The Morgan fingerprint density at radius 1 is 1.42 bits per heavy atom. The Hall–Kier alpha value is -1.43. The van der Waals surface area contributed by atoms with E-state index in [1.54, 1.807) is 0 Å². The molecule has 0 aromatic carbocycles. The molecule has 0 spiro atoms. The quantitative estimate of drug-likeness (QED) is 0.840. The van der Waals surface area contributed by atoms with Crippen molar-refractivity contribution in [3.05, 3.63) is 17.0 Å². The highest BCUT2D eigenvalue weighted by Gasteiger charge is 2.19. The van der Waals surface area contributed by atoms with Crippen molar-refractivity contribution >= 4 is 27.3 Å². The van der Waals surface area contributed by atoms with Crippen LogP contribution in [0.3, 0.4) is 0 Å². The van der Waals surface area contributed by atoms with E-state index < -0.39 is 10.0 Å². The summed E-state index contributed by atoms with van der Waals surface area (Å²) in [4.78, 5) is 13.5. The highest BCUT2D eigenvalue weighted by atomic mass is 32.2. The van der Waals surface area contributed by atoms with E-state index in [9.17, 15) is 13.2 Å². The van der Waals surface area contributed by atoms with Gasteiger partial charge in [0.25, 0.3) is 10.0 Å². The number of nitrogens with zero attached hydrogens (tertiary/aromatic N) is 2. The lowest BCUT2D eigenvalue weighted by molar-refractivity contribution is -0.129. The molecule has 1 heterocycles. The van der Waals surface area contributed by atoms with Gasteiger partial charge in [0.1, 0.15) is 15.2 Å². The zero-order chi connectivity index (χ0) is 14.5. The average Bonchev–Trinajstić information content (AvgIpc) is 2.87. The van der Waals surface area contributed by atoms with Gasteiger partial charge in [0.15, 0.2) is 0 Å². The summed E-state index contributed by atoms with van der Waals surface area (Å²) in [6.45, 7) is 4.45. The number of rotatable bonds is 6. The molecule has 0 saturated carbocycles. The molecule has 0 aliphatic rings. The van der Waals surface area contributed by atoms with Gasteiger partial charge in [-0.1, -0.05) is 0 Å². The topological polar surface area (TPSA) is 90.3 Å². The van der Waals surface area contributed by atoms with Gasteiger partial charge in [0.05, 0.1) is 6.54 Å². The molecule has 1 rings (SSSR count). The smallest absolute Gasteiger partial charge is 0.250 e. The first-order valence-electron chi connectivity index (χ1n) is 5.72. The Balaban J connectivity index is 2.71. The number of nitriles is 1. The van der Waals surface area contributed by atoms with Crippen molar-refractivity contribution in [2.24, 2.45) is 0 Å². The van der Waals surface area contributed by atoms with E-state index in [1.807, 2.05) is 19.9 Å². The zero-order valence-corrected chi connectivity index (χ0v) is 12.3. The SMILES string of the molecule is CCN(CC)C(=O)CNS(=O)(=O)c1ccc(C#N)s1. The first-order valence-corrected chi connectivity index (χ1v) is 8.02. The molecule has 1 amide bonds. The largest absolute Gasteiger partial charge is 0.342 e. The lowest BCUT2D eigenvalue weighted by atomic mass is 10.4. The number of carbonyl (C=O) groups excluding carboxylic acids is 1. The Labute approximate surface area is 116 Å². The average molecular weight is 301 g/mol. The van der Waals surface area contributed by atoms with Crippen molar-refractivity contribution in [1.29, 1.82) is 5.26 Å². The van der Waals surface area contributed by atoms with E-state index in [-0.39, 0.29) is 16.7 Å². The predicted octanol–water partition coefficient (Wildman–Crippen LogP) is 0.766. The van der Waals surface area contributed by atoms with Crippen LogP contribution in [0.4, 0.5) is 0 Å². The van der Waals surface area contributed by atoms with Crippen molar-refractivity contribution in [1.82, 2.24) is 9.62 Å². The molecule has 1 aromatic rings. The number of carbonyl (C=O) groups is 1. The molecular weight excluding hydrogens is 286 g/mol. The molecule has 0 saturated heterocycles. The molecule has 104 valence electrons. The van der Waals surface area contributed by atoms with E-state index in [4.69, 9.17) is 5.26 Å². The molecule has 0 unspecified atom stereocenters. The van der Waals surface area contributed by atoms with Crippen LogP contribution in [-0.4, -0.2) is 38.9 Å². The van der Waals surface area contributed by atoms with Gasteiger partial charge in [-0.2, -0.15) is 5.26 Å². The summed E-state index contributed by atoms with van der Waals surface area (Å²) >= 11 is 0.875. The van der Waals surface area contributed by atoms with Crippen molar-refractivity contribution in [2.45, 2.75) is 18.1 Å². The second kappa shape index (κ2) is 6.65. The highest BCUT2D eigenvalue weighted by Crippen LogP contribution is 2.20. The molecule has 19 heavy (non-hydrogen) atoms. The fraction of sp³-hybridized carbons (Fsp3) is 0.455. The Bertz CT molecular complexity index is 583. The Morgan fingerprint density at radius 3 is 2.53 bits per heavy atom. The van der Waals surface area contributed by atoms with Crippen LogP contribution >= 0.6 is 11.3 Å². The van der Waals surface area contributed by atoms with E-state index in [0.717, 1.165) is 11.3 Å². The first kappa shape index (κ1) is 15.6. The molecule has 1 aromatic heterocycles. The normalized spacial score (nSPS) is 11.0. The minimum atomic E-state index is -3.72. The standard InChI is InChI=1S/C11H15N3O3S2/c1-3-14(4-2)10(15)8-13-19(16,17)11-6-5-9(7-12)18-11/h5-6,13H,3-4,8H2,1-2H3. The van der Waals surface area contributed by atoms with E-state index >= 15 is 0 Å². The van der Waals surface area contributed by atoms with Crippen LogP contribution in [0, 0.1) is 11.3 Å². The molecule has 0 aliphatic carbocycles. The van der Waals surface area contributed by atoms with E-state index in [2.05, 4.69) is 4.72 Å². The molecule has 1 N–H and O–H groups in total. The third kappa shape index (κ3) is 4.02. The maximum absolute atomic E-state index is 11.9. The number of likely N-dealkylation sites (N-methyl/N-ethyl adjacent to an activating group) is 1. The molecule has 8 heteroatoms. The van der Waals surface area contributed by atoms with Crippen LogP contribution < -0.4 is 4.72 Å². The van der Waals surface area contributed by atoms with Crippen LogP contribution in [-0.2, 0) is 14.8 Å². The monoisotopic (exact) mass is 301 g/mol. The fourth-order valence-corrected chi connectivity index (χ4v) is 3.56. The number of amides is 1. The summed E-state index contributed by atoms with van der Waals surface area (Å²) in [6, 6.07) is 4.66. The van der Waals surface area contributed by atoms with Gasteiger partial charge in [-0.05, 0) is 26.0 Å². The van der Waals surface area contributed by atoms with Gasteiger partial charge in [-0.3, -0.25) is 4.79 Å². The molecule has 0 atom stereocenters. The second-order valence-electron chi connectivity index (χ2n) is 3.62. The van der Waals surface area contributed by atoms with Gasteiger partial charge in [0.2, 0.25) is 5.91 Å². The van der Waals surface area contributed by atoms with Crippen molar-refractivity contribution in [2.75, 3.05) is 19.6 Å². The third-order valence-corrected chi connectivity index (χ3v) is 5.37. The number of sulfonamides is 1. The van der Waals surface area contributed by atoms with E-state index in [1.165, 1.54) is 17.0 Å². The molecular formula is C11H15N3O3S2. The van der Waals surface area contributed by atoms with Crippen molar-refractivity contribution in [3.63, 3.8) is 0 Å². The van der Waals surface area contributed by atoms with Gasteiger partial charge in [0, 0.05) is 13.1 Å². The van der Waals surface area contributed by atoms with Crippen LogP contribution in [0.25, 0.3) is 0 Å². The van der Waals surface area contributed by atoms with Gasteiger partial charge in [-0.15, -0.1) is 11.3 Å². The molecule has 0 aliphatic heterocycles. The number of hydrogen-bond donors (Lipinski definition) is 1. The zero-order valence-electron chi connectivity index (χ0n) is 10.7. The van der Waals surface area contributed by atoms with E-state index in [0.29, 0.717) is 18.0 Å². The van der Waals surface area contributed by atoms with Gasteiger partial charge < -0.3 is 4.90 Å². The summed E-state index contributed by atoms with van der Waals surface area (Å²) < 4.78 is 26.1. The van der Waals surface area contributed by atoms with Gasteiger partial charge >= 0.3 is 0 Å². The lowest BCUT2D eigenvalue weighted by Crippen LogP contribution is -2.39. The predicted molar refractivity (Wildman–Crippen MR) is 72.2 cm³/mol. The molecule has 6 nitrogen and oxygen atoms in total. The molecule has 0 bridgehead atoms. The summed E-state index contributed by atoms with van der Waals surface area (Å²) in [5, 5.41) is 8.66. The number of nitrogens with one attached hydrogen (secondary N) is 1. The van der Waals surface area contributed by atoms with Gasteiger partial charge in [-0.25, -0.2) is 13.1 Å². The van der Waals surface area contributed by atoms with Crippen LogP contribution in [0.5, 0.6) is 0 Å². The Kier molecular flexibility index (Phi) is 5.47. The minimum Gasteiger partial charge on any atom is -0.342 e. The van der Waals surface area contributed by atoms with Crippen molar-refractivity contribution < 1.29 is 13.2 Å². The molecule has 0 radical (unpaired) electrons. The second-order valence-corrected chi connectivity index (χ2v) is 6.70. The van der Waals surface area contributed by atoms with Crippen LogP contribution in [0.2, 0.25) is 0 Å². The third-order valence-electron chi connectivity index (χ3n) is 2.49. The van der Waals surface area contributed by atoms with Crippen LogP contribution in [0.15, 0.2) is 16.3 Å². The summed E-state index contributed by atoms with van der Waals surface area (Å²) in [5.74, 6) is -0.273. The minimum absolute atomic E-state index is 0.0383. The fourth-order valence-electron chi connectivity index (χ4n) is 1.44. The highest BCUT2D eigenvalue weighted by molar-refractivity contribution is 7.91. The lowest BCUT2D eigenvalue weighted by Gasteiger charge is -2.18. The van der Waals surface area contributed by atoms with Crippen molar-refractivity contribution in [3.8, 4) is 6.07 Å². The maximum atomic E-state index is 11.9. The first-order chi connectivity index (χ1) is 8.94.